The Balaban J connectivity index is 1.16. The van der Waals surface area contributed by atoms with Crippen LogP contribution in [0, 0.1) is 23.2 Å². The molecule has 2 aliphatic rings. The van der Waals surface area contributed by atoms with Crippen LogP contribution in [0.1, 0.15) is 55.2 Å². The van der Waals surface area contributed by atoms with Gasteiger partial charge < -0.3 is 20.3 Å². The second kappa shape index (κ2) is 12.5. The maximum Gasteiger partial charge on any atom is 0.418 e. The maximum atomic E-state index is 13.2. The predicted molar refractivity (Wildman–Crippen MR) is 142 cm³/mol. The fourth-order valence-corrected chi connectivity index (χ4v) is 5.26. The number of nitrogens with one attached hydrogen (secondary N) is 2. The minimum Gasteiger partial charge on any atom is -0.382 e. The Morgan fingerprint density at radius 1 is 1.08 bits per heavy atom. The van der Waals surface area contributed by atoms with Gasteiger partial charge in [-0.3, -0.25) is 4.79 Å². The van der Waals surface area contributed by atoms with Gasteiger partial charge in [0.2, 0.25) is 5.91 Å². The van der Waals surface area contributed by atoms with E-state index in [9.17, 15) is 22.9 Å². The zero-order valence-corrected chi connectivity index (χ0v) is 21.8. The first-order valence-corrected chi connectivity index (χ1v) is 13.1. The molecule has 1 aliphatic heterocycles. The van der Waals surface area contributed by atoms with Gasteiger partial charge in [-0.1, -0.05) is 0 Å². The zero-order valence-electron chi connectivity index (χ0n) is 21.8. The number of nitrogens with zero attached hydrogens (tertiary/aromatic N) is 3. The summed E-state index contributed by atoms with van der Waals surface area (Å²) in [7, 11) is 0. The SMILES string of the molecule is Cc1cc(N2CCC(NC(=O)COC3CCC(Nc4ccc(N=O)c(C(F)(F)F)c4)CC3)CC2)ccc1C#N. The van der Waals surface area contributed by atoms with Gasteiger partial charge in [-0.2, -0.15) is 18.4 Å². The minimum atomic E-state index is -4.66. The molecule has 2 aromatic rings. The highest BCUT2D eigenvalue weighted by Gasteiger charge is 2.34. The van der Waals surface area contributed by atoms with E-state index >= 15 is 0 Å². The molecule has 2 aromatic carbocycles. The van der Waals surface area contributed by atoms with Crippen molar-refractivity contribution in [1.82, 2.24) is 5.32 Å². The van der Waals surface area contributed by atoms with Gasteiger partial charge in [0.15, 0.2) is 0 Å². The number of anilines is 2. The van der Waals surface area contributed by atoms with Gasteiger partial charge in [0.25, 0.3) is 0 Å². The van der Waals surface area contributed by atoms with Crippen LogP contribution in [0.5, 0.6) is 0 Å². The minimum absolute atomic E-state index is 0.0209. The van der Waals surface area contributed by atoms with Crippen LogP contribution in [-0.2, 0) is 15.7 Å². The van der Waals surface area contributed by atoms with Gasteiger partial charge >= 0.3 is 6.18 Å². The molecule has 2 fully saturated rings. The van der Waals surface area contributed by atoms with E-state index in [-0.39, 0.29) is 30.7 Å². The second-order valence-corrected chi connectivity index (χ2v) is 10.2. The molecule has 2 N–H and O–H groups in total. The Kier molecular flexibility index (Phi) is 9.07. The highest BCUT2D eigenvalue weighted by atomic mass is 19.4. The molecule has 1 saturated carbocycles. The van der Waals surface area contributed by atoms with Crippen LogP contribution in [0.15, 0.2) is 41.6 Å². The first-order chi connectivity index (χ1) is 18.7. The summed E-state index contributed by atoms with van der Waals surface area (Å²) in [5, 5.41) is 17.8. The Bertz CT molecular complexity index is 1210. The van der Waals surface area contributed by atoms with Crippen molar-refractivity contribution in [2.75, 3.05) is 29.9 Å². The number of amides is 1. The Morgan fingerprint density at radius 3 is 2.41 bits per heavy atom. The first kappa shape index (κ1) is 28.4. The first-order valence-electron chi connectivity index (χ1n) is 13.1. The number of hydrogen-bond acceptors (Lipinski definition) is 7. The zero-order chi connectivity index (χ0) is 28.0. The van der Waals surface area contributed by atoms with E-state index in [0.717, 1.165) is 49.3 Å². The van der Waals surface area contributed by atoms with E-state index in [2.05, 4.69) is 26.8 Å². The third kappa shape index (κ3) is 7.47. The molecule has 1 saturated heterocycles. The van der Waals surface area contributed by atoms with Crippen LogP contribution in [0.4, 0.5) is 30.2 Å². The summed E-state index contributed by atoms with van der Waals surface area (Å²) in [6, 6.07) is 11.5. The molecule has 4 rings (SSSR count). The Morgan fingerprint density at radius 2 is 1.79 bits per heavy atom. The van der Waals surface area contributed by atoms with Crippen molar-refractivity contribution in [2.45, 2.75) is 69.8 Å². The van der Waals surface area contributed by atoms with Gasteiger partial charge in [-0.25, -0.2) is 0 Å². The lowest BCUT2D eigenvalue weighted by Gasteiger charge is -2.34. The fourth-order valence-electron chi connectivity index (χ4n) is 5.26. The number of alkyl halides is 3. The summed E-state index contributed by atoms with van der Waals surface area (Å²) < 4.78 is 45.4. The molecule has 0 radical (unpaired) electrons. The second-order valence-electron chi connectivity index (χ2n) is 10.2. The van der Waals surface area contributed by atoms with Gasteiger partial charge in [-0.15, -0.1) is 4.91 Å². The van der Waals surface area contributed by atoms with Crippen molar-refractivity contribution in [1.29, 1.82) is 5.26 Å². The summed E-state index contributed by atoms with van der Waals surface area (Å²) in [5.41, 5.74) is 1.32. The molecule has 39 heavy (non-hydrogen) atoms. The van der Waals surface area contributed by atoms with Crippen molar-refractivity contribution < 1.29 is 22.7 Å². The lowest BCUT2D eigenvalue weighted by atomic mass is 9.92. The highest BCUT2D eigenvalue weighted by Crippen LogP contribution is 2.38. The summed E-state index contributed by atoms with van der Waals surface area (Å²) in [6.07, 6.45) is -0.344. The standard InChI is InChI=1S/C28H32F3N5O3/c1-18-14-23(6-2-19(18)16-32)36-12-10-21(11-13-36)34-27(37)17-39-24-7-3-20(4-8-24)33-22-5-9-26(35-38)25(15-22)28(29,30)31/h2,5-6,9,14-15,20-21,24,33H,3-4,7-8,10-13,17H2,1H3,(H,34,37). The van der Waals surface area contributed by atoms with E-state index in [1.165, 1.54) is 6.07 Å². The van der Waals surface area contributed by atoms with Crippen molar-refractivity contribution in [3.8, 4) is 6.07 Å². The molecule has 208 valence electrons. The maximum absolute atomic E-state index is 13.2. The van der Waals surface area contributed by atoms with Crippen LogP contribution in [-0.4, -0.2) is 43.8 Å². The van der Waals surface area contributed by atoms with Crippen LogP contribution in [0.25, 0.3) is 0 Å². The number of carbonyl (C=O) groups is 1. The van der Waals surface area contributed by atoms with Crippen molar-refractivity contribution in [2.24, 2.45) is 5.18 Å². The van der Waals surface area contributed by atoms with E-state index < -0.39 is 17.4 Å². The van der Waals surface area contributed by atoms with E-state index in [1.807, 2.05) is 25.1 Å². The molecule has 0 atom stereocenters. The average Bonchev–Trinajstić information content (AvgIpc) is 2.92. The number of nitriles is 1. The van der Waals surface area contributed by atoms with Gasteiger partial charge in [0.05, 0.1) is 23.3 Å². The number of nitroso groups, excluding NO2 is 1. The third-order valence-electron chi connectivity index (χ3n) is 7.45. The highest BCUT2D eigenvalue weighted by molar-refractivity contribution is 5.77. The van der Waals surface area contributed by atoms with Gasteiger partial charge in [0.1, 0.15) is 12.3 Å². The third-order valence-corrected chi connectivity index (χ3v) is 7.45. The summed E-state index contributed by atoms with van der Waals surface area (Å²) in [4.78, 5) is 25.4. The van der Waals surface area contributed by atoms with Crippen molar-refractivity contribution >= 4 is 23.0 Å². The normalized spacial score (nSPS) is 20.2. The predicted octanol–water partition coefficient (Wildman–Crippen LogP) is 5.81. The Labute approximate surface area is 225 Å². The quantitative estimate of drug-likeness (QED) is 0.407. The molecule has 8 nitrogen and oxygen atoms in total. The van der Waals surface area contributed by atoms with Crippen LogP contribution in [0.3, 0.4) is 0 Å². The lowest BCUT2D eigenvalue weighted by molar-refractivity contribution is -0.137. The monoisotopic (exact) mass is 543 g/mol. The molecule has 0 aromatic heterocycles. The van der Waals surface area contributed by atoms with Crippen LogP contribution < -0.4 is 15.5 Å². The summed E-state index contributed by atoms with van der Waals surface area (Å²) in [5.74, 6) is -0.147. The smallest absolute Gasteiger partial charge is 0.382 e. The van der Waals surface area contributed by atoms with Gasteiger partial charge in [-0.05, 0) is 92.6 Å². The van der Waals surface area contributed by atoms with Crippen LogP contribution in [0.2, 0.25) is 0 Å². The number of hydrogen-bond donors (Lipinski definition) is 2. The number of aryl methyl sites for hydroxylation is 1. The number of rotatable bonds is 8. The number of halogens is 3. The molecule has 1 amide bonds. The number of ether oxygens (including phenoxy) is 1. The van der Waals surface area contributed by atoms with Crippen LogP contribution >= 0.6 is 0 Å². The molecular weight excluding hydrogens is 511 g/mol. The van der Waals surface area contributed by atoms with E-state index in [1.54, 1.807) is 0 Å². The molecule has 0 unspecified atom stereocenters. The molecule has 0 bridgehead atoms. The summed E-state index contributed by atoms with van der Waals surface area (Å²) >= 11 is 0. The number of piperidine rings is 1. The topological polar surface area (TPSA) is 107 Å². The number of carbonyl (C=O) groups excluding carboxylic acids is 1. The Hall–Kier alpha value is -3.65. The largest absolute Gasteiger partial charge is 0.418 e. The summed E-state index contributed by atoms with van der Waals surface area (Å²) in [6.45, 7) is 3.53. The molecule has 11 heteroatoms. The molecule has 1 heterocycles. The van der Waals surface area contributed by atoms with Crippen molar-refractivity contribution in [3.63, 3.8) is 0 Å². The van der Waals surface area contributed by atoms with E-state index in [4.69, 9.17) is 10.00 Å². The molecule has 0 spiro atoms. The lowest BCUT2D eigenvalue weighted by Crippen LogP contribution is -2.46. The van der Waals surface area contributed by atoms with Gasteiger partial charge in [0, 0.05) is 36.5 Å². The average molecular weight is 544 g/mol. The van der Waals surface area contributed by atoms with Crippen molar-refractivity contribution in [3.05, 3.63) is 58.0 Å². The molecular formula is C28H32F3N5O3. The fraction of sp³-hybridized carbons (Fsp3) is 0.500. The van der Waals surface area contributed by atoms with E-state index in [0.29, 0.717) is 36.9 Å². The number of benzene rings is 2. The molecule has 1 aliphatic carbocycles.